The van der Waals surface area contributed by atoms with Gasteiger partial charge in [-0.25, -0.2) is 4.79 Å². The topological polar surface area (TPSA) is 75.3 Å². The summed E-state index contributed by atoms with van der Waals surface area (Å²) in [6.07, 6.45) is 2.09. The summed E-state index contributed by atoms with van der Waals surface area (Å²) in [5, 5.41) is 10.3. The summed E-state index contributed by atoms with van der Waals surface area (Å²) in [7, 11) is 0. The number of nitrogens with one attached hydrogen (secondary N) is 2. The molecule has 0 bridgehead atoms. The van der Waals surface area contributed by atoms with E-state index in [-0.39, 0.29) is 6.03 Å². The molecule has 0 fully saturated rings. The third-order valence-electron chi connectivity index (χ3n) is 4.45. The number of amides is 2. The molecule has 0 unspecified atom stereocenters. The Morgan fingerprint density at radius 1 is 1.19 bits per heavy atom. The molecule has 7 nitrogen and oxygen atoms in total. The molecule has 138 valence electrons. The lowest BCUT2D eigenvalue weighted by Crippen LogP contribution is -2.26. The van der Waals surface area contributed by atoms with Gasteiger partial charge in [-0.15, -0.1) is 0 Å². The van der Waals surface area contributed by atoms with E-state index in [1.165, 1.54) is 0 Å². The van der Waals surface area contributed by atoms with Gasteiger partial charge in [-0.3, -0.25) is 5.32 Å². The van der Waals surface area contributed by atoms with Crippen molar-refractivity contribution in [3.63, 3.8) is 0 Å². The zero-order valence-electron chi connectivity index (χ0n) is 15.5. The molecular formula is C19H25N5O2. The van der Waals surface area contributed by atoms with Crippen LogP contribution >= 0.6 is 0 Å². The van der Waals surface area contributed by atoms with Crippen molar-refractivity contribution >= 4 is 28.4 Å². The second-order valence-electron chi connectivity index (χ2n) is 6.21. The molecular weight excluding hydrogens is 330 g/mol. The van der Waals surface area contributed by atoms with E-state index in [0.29, 0.717) is 11.6 Å². The molecule has 3 aromatic rings. The number of likely N-dealkylation sites (N-methyl/N-ethyl adjacent to an activating group) is 1. The van der Waals surface area contributed by atoms with Gasteiger partial charge in [0.25, 0.3) is 0 Å². The molecule has 0 atom stereocenters. The lowest BCUT2D eigenvalue weighted by molar-refractivity contribution is 0.262. The average Bonchev–Trinajstić information content (AvgIpc) is 3.21. The van der Waals surface area contributed by atoms with E-state index >= 15 is 0 Å². The summed E-state index contributed by atoms with van der Waals surface area (Å²) in [6, 6.07) is 9.30. The largest absolute Gasteiger partial charge is 0.360 e. The number of hydrogen-bond acceptors (Lipinski definition) is 4. The van der Waals surface area contributed by atoms with Crippen molar-refractivity contribution in [2.75, 3.05) is 30.3 Å². The Bertz CT molecular complexity index is 879. The van der Waals surface area contributed by atoms with Crippen LogP contribution in [0.15, 0.2) is 41.1 Å². The van der Waals surface area contributed by atoms with E-state index in [4.69, 9.17) is 4.52 Å². The molecule has 0 spiro atoms. The van der Waals surface area contributed by atoms with Gasteiger partial charge in [0.05, 0.1) is 0 Å². The first kappa shape index (κ1) is 18.0. The van der Waals surface area contributed by atoms with Crippen LogP contribution in [0.5, 0.6) is 0 Å². The predicted molar refractivity (Wildman–Crippen MR) is 104 cm³/mol. The molecule has 2 amide bonds. The molecule has 0 saturated heterocycles. The smallest absolute Gasteiger partial charge is 0.324 e. The summed E-state index contributed by atoms with van der Waals surface area (Å²) in [4.78, 5) is 14.5. The van der Waals surface area contributed by atoms with Crippen LogP contribution in [0, 0.1) is 6.92 Å². The summed E-state index contributed by atoms with van der Waals surface area (Å²) >= 11 is 0. The quantitative estimate of drug-likeness (QED) is 0.673. The zero-order chi connectivity index (χ0) is 18.5. The Labute approximate surface area is 152 Å². The lowest BCUT2D eigenvalue weighted by Gasteiger charge is -2.18. The zero-order valence-corrected chi connectivity index (χ0v) is 15.5. The van der Waals surface area contributed by atoms with Gasteiger partial charge >= 0.3 is 6.03 Å². The van der Waals surface area contributed by atoms with E-state index < -0.39 is 0 Å². The van der Waals surface area contributed by atoms with Crippen LogP contribution in [0.3, 0.4) is 0 Å². The van der Waals surface area contributed by atoms with E-state index in [1.807, 2.05) is 18.2 Å². The number of carbonyl (C=O) groups excluding carboxylic acids is 1. The van der Waals surface area contributed by atoms with E-state index in [2.05, 4.69) is 51.4 Å². The minimum absolute atomic E-state index is 0.349. The Morgan fingerprint density at radius 2 is 2.00 bits per heavy atom. The molecule has 3 rings (SSSR count). The summed E-state index contributed by atoms with van der Waals surface area (Å²) in [6.45, 7) is 10.2. The van der Waals surface area contributed by atoms with Crippen LogP contribution in [0.4, 0.5) is 16.3 Å². The molecule has 0 saturated carbocycles. The van der Waals surface area contributed by atoms with Crippen LogP contribution in [0.25, 0.3) is 10.9 Å². The number of anilines is 2. The SMILES string of the molecule is CCN(CC)CCn1ccc2cc(NC(=O)Nc3cc(C)on3)ccc21. The van der Waals surface area contributed by atoms with Crippen molar-refractivity contribution in [1.29, 1.82) is 0 Å². The van der Waals surface area contributed by atoms with Crippen LogP contribution in [0.2, 0.25) is 0 Å². The fourth-order valence-corrected chi connectivity index (χ4v) is 2.97. The molecule has 0 aliphatic heterocycles. The van der Waals surface area contributed by atoms with E-state index in [0.717, 1.165) is 42.8 Å². The molecule has 0 aliphatic rings. The van der Waals surface area contributed by atoms with Crippen molar-refractivity contribution < 1.29 is 9.32 Å². The monoisotopic (exact) mass is 355 g/mol. The number of rotatable bonds is 7. The number of nitrogens with zero attached hydrogens (tertiary/aromatic N) is 3. The van der Waals surface area contributed by atoms with Gasteiger partial charge in [-0.2, -0.15) is 0 Å². The molecule has 0 aliphatic carbocycles. The van der Waals surface area contributed by atoms with Crippen molar-refractivity contribution in [3.05, 3.63) is 42.3 Å². The summed E-state index contributed by atoms with van der Waals surface area (Å²) in [5.74, 6) is 1.04. The highest BCUT2D eigenvalue weighted by molar-refractivity contribution is 6.00. The maximum Gasteiger partial charge on any atom is 0.324 e. The minimum atomic E-state index is -0.349. The second-order valence-corrected chi connectivity index (χ2v) is 6.21. The van der Waals surface area contributed by atoms with Gasteiger partial charge in [0, 0.05) is 41.9 Å². The van der Waals surface area contributed by atoms with Crippen molar-refractivity contribution in [2.45, 2.75) is 27.3 Å². The number of aromatic nitrogens is 2. The van der Waals surface area contributed by atoms with Crippen molar-refractivity contribution in [2.24, 2.45) is 0 Å². The van der Waals surface area contributed by atoms with E-state index in [9.17, 15) is 4.79 Å². The first-order chi connectivity index (χ1) is 12.6. The molecule has 2 aromatic heterocycles. The first-order valence-corrected chi connectivity index (χ1v) is 8.91. The Kier molecular flexibility index (Phi) is 5.58. The summed E-state index contributed by atoms with van der Waals surface area (Å²) in [5.41, 5.74) is 1.90. The number of urea groups is 1. The molecule has 7 heteroatoms. The fourth-order valence-electron chi connectivity index (χ4n) is 2.97. The second kappa shape index (κ2) is 8.05. The highest BCUT2D eigenvalue weighted by Gasteiger charge is 2.08. The third-order valence-corrected chi connectivity index (χ3v) is 4.45. The molecule has 2 heterocycles. The number of fused-ring (bicyclic) bond motifs is 1. The highest BCUT2D eigenvalue weighted by atomic mass is 16.5. The standard InChI is InChI=1S/C19H25N5O2/c1-4-23(5-2)10-11-24-9-8-15-13-16(6-7-17(15)24)20-19(25)21-18-12-14(3)26-22-18/h6-9,12-13H,4-5,10-11H2,1-3H3,(H2,20,21,22,25). The van der Waals surface area contributed by atoms with Crippen LogP contribution in [-0.2, 0) is 6.54 Å². The lowest BCUT2D eigenvalue weighted by atomic mass is 10.2. The van der Waals surface area contributed by atoms with Crippen molar-refractivity contribution in [1.82, 2.24) is 14.6 Å². The van der Waals surface area contributed by atoms with E-state index in [1.54, 1.807) is 13.0 Å². The predicted octanol–water partition coefficient (Wildman–Crippen LogP) is 3.92. The third kappa shape index (κ3) is 4.23. The normalized spacial score (nSPS) is 11.2. The number of carbonyl (C=O) groups is 1. The molecule has 2 N–H and O–H groups in total. The summed E-state index contributed by atoms with van der Waals surface area (Å²) < 4.78 is 7.18. The van der Waals surface area contributed by atoms with Gasteiger partial charge in [0.1, 0.15) is 5.76 Å². The Morgan fingerprint density at radius 3 is 2.69 bits per heavy atom. The van der Waals surface area contributed by atoms with Crippen LogP contribution in [0.1, 0.15) is 19.6 Å². The van der Waals surface area contributed by atoms with Gasteiger partial charge in [0.15, 0.2) is 5.82 Å². The Hall–Kier alpha value is -2.80. The number of aryl methyl sites for hydroxylation is 1. The van der Waals surface area contributed by atoms with Gasteiger partial charge in [-0.05, 0) is 44.3 Å². The minimum Gasteiger partial charge on any atom is -0.360 e. The Balaban J connectivity index is 1.65. The fraction of sp³-hybridized carbons (Fsp3) is 0.368. The number of hydrogen-bond donors (Lipinski definition) is 2. The van der Waals surface area contributed by atoms with Gasteiger partial charge in [0.2, 0.25) is 0 Å². The maximum absolute atomic E-state index is 12.1. The molecule has 1 aromatic carbocycles. The molecule has 0 radical (unpaired) electrons. The van der Waals surface area contributed by atoms with Crippen LogP contribution in [-0.4, -0.2) is 40.3 Å². The number of benzene rings is 1. The van der Waals surface area contributed by atoms with Crippen molar-refractivity contribution in [3.8, 4) is 0 Å². The highest BCUT2D eigenvalue weighted by Crippen LogP contribution is 2.21. The first-order valence-electron chi connectivity index (χ1n) is 8.91. The maximum atomic E-state index is 12.1. The molecule has 26 heavy (non-hydrogen) atoms. The van der Waals surface area contributed by atoms with Gasteiger partial charge in [-0.1, -0.05) is 19.0 Å². The van der Waals surface area contributed by atoms with Crippen LogP contribution < -0.4 is 10.6 Å². The average molecular weight is 355 g/mol. The van der Waals surface area contributed by atoms with Gasteiger partial charge < -0.3 is 19.3 Å².